The number of hydrogen-bond donors (Lipinski definition) is 2. The first-order chi connectivity index (χ1) is 12.6. The lowest BCUT2D eigenvalue weighted by atomic mass is 10.1. The molecule has 0 bridgehead atoms. The lowest BCUT2D eigenvalue weighted by molar-refractivity contribution is 0.133. The van der Waals surface area contributed by atoms with E-state index < -0.39 is 11.6 Å². The zero-order valence-electron chi connectivity index (χ0n) is 15.6. The molecule has 0 heterocycles. The standard InChI is InChI=1S/C20H25F2N3O.HI/c1-3-23-20(25-13-17-11-18(21)9-10-19(17)22)24-12-15-7-5-6-8-16(15)14-26-4-2;/h5-11H,3-4,12-14H2,1-2H3,(H2,23,24,25);1H. The van der Waals surface area contributed by atoms with E-state index in [1.165, 1.54) is 6.07 Å². The molecule has 27 heavy (non-hydrogen) atoms. The van der Waals surface area contributed by atoms with Crippen LogP contribution in [-0.4, -0.2) is 19.1 Å². The Bertz CT molecular complexity index is 741. The maximum absolute atomic E-state index is 13.7. The molecule has 148 valence electrons. The van der Waals surface area contributed by atoms with Crippen LogP contribution in [0.5, 0.6) is 0 Å². The fourth-order valence-corrected chi connectivity index (χ4v) is 2.43. The van der Waals surface area contributed by atoms with Crippen LogP contribution in [0.15, 0.2) is 47.5 Å². The highest BCUT2D eigenvalue weighted by Gasteiger charge is 2.06. The van der Waals surface area contributed by atoms with Gasteiger partial charge in [-0.25, -0.2) is 13.8 Å². The highest BCUT2D eigenvalue weighted by atomic mass is 127. The predicted octanol–water partition coefficient (Wildman–Crippen LogP) is 4.37. The van der Waals surface area contributed by atoms with Crippen LogP contribution in [0.4, 0.5) is 8.78 Å². The molecule has 0 aromatic heterocycles. The summed E-state index contributed by atoms with van der Waals surface area (Å²) < 4.78 is 32.5. The van der Waals surface area contributed by atoms with E-state index in [0.29, 0.717) is 32.3 Å². The summed E-state index contributed by atoms with van der Waals surface area (Å²) in [5.41, 5.74) is 2.43. The summed E-state index contributed by atoms with van der Waals surface area (Å²) in [5.74, 6) is -0.394. The second kappa shape index (κ2) is 12.6. The van der Waals surface area contributed by atoms with Crippen molar-refractivity contribution in [1.29, 1.82) is 0 Å². The molecule has 7 heteroatoms. The Kier molecular flexibility index (Phi) is 10.9. The van der Waals surface area contributed by atoms with Crippen LogP contribution in [0, 0.1) is 11.6 Å². The fraction of sp³-hybridized carbons (Fsp3) is 0.350. The van der Waals surface area contributed by atoms with Gasteiger partial charge in [0.1, 0.15) is 11.6 Å². The van der Waals surface area contributed by atoms with Gasteiger partial charge in [-0.15, -0.1) is 24.0 Å². The maximum atomic E-state index is 13.7. The number of nitrogens with one attached hydrogen (secondary N) is 2. The molecule has 2 rings (SSSR count). The highest BCUT2D eigenvalue weighted by molar-refractivity contribution is 14.0. The second-order valence-corrected chi connectivity index (χ2v) is 5.69. The van der Waals surface area contributed by atoms with Gasteiger partial charge in [0.15, 0.2) is 5.96 Å². The summed E-state index contributed by atoms with van der Waals surface area (Å²) in [4.78, 5) is 4.35. The van der Waals surface area contributed by atoms with Crippen molar-refractivity contribution in [2.75, 3.05) is 13.2 Å². The van der Waals surface area contributed by atoms with Crippen LogP contribution in [0.2, 0.25) is 0 Å². The first kappa shape index (κ1) is 23.3. The third-order valence-corrected chi connectivity index (χ3v) is 3.79. The number of hydrogen-bond acceptors (Lipinski definition) is 2. The van der Waals surface area contributed by atoms with Gasteiger partial charge in [-0.3, -0.25) is 0 Å². The fourth-order valence-electron chi connectivity index (χ4n) is 2.43. The largest absolute Gasteiger partial charge is 0.377 e. The Morgan fingerprint density at radius 1 is 1.00 bits per heavy atom. The summed E-state index contributed by atoms with van der Waals surface area (Å²) in [6, 6.07) is 11.4. The zero-order valence-corrected chi connectivity index (χ0v) is 17.9. The van der Waals surface area contributed by atoms with Gasteiger partial charge < -0.3 is 15.4 Å². The number of benzene rings is 2. The van der Waals surface area contributed by atoms with Crippen LogP contribution in [0.3, 0.4) is 0 Å². The molecule has 0 saturated carbocycles. The molecule has 0 fully saturated rings. The molecule has 4 nitrogen and oxygen atoms in total. The number of aliphatic imine (C=N–C) groups is 1. The number of nitrogens with zero attached hydrogens (tertiary/aromatic N) is 1. The Labute approximate surface area is 176 Å². The molecule has 2 aromatic rings. The lowest BCUT2D eigenvalue weighted by Gasteiger charge is -2.14. The average molecular weight is 489 g/mol. The Morgan fingerprint density at radius 3 is 2.44 bits per heavy atom. The van der Waals surface area contributed by atoms with Crippen LogP contribution in [0.1, 0.15) is 30.5 Å². The van der Waals surface area contributed by atoms with Crippen molar-refractivity contribution in [3.8, 4) is 0 Å². The van der Waals surface area contributed by atoms with E-state index in [2.05, 4.69) is 15.6 Å². The molecule has 0 aliphatic carbocycles. The molecule has 0 radical (unpaired) electrons. The first-order valence-electron chi connectivity index (χ1n) is 8.74. The summed E-state index contributed by atoms with van der Waals surface area (Å²) in [7, 11) is 0. The van der Waals surface area contributed by atoms with E-state index in [0.717, 1.165) is 23.3 Å². The minimum absolute atomic E-state index is 0. The van der Waals surface area contributed by atoms with Crippen molar-refractivity contribution >= 4 is 29.9 Å². The number of rotatable bonds is 8. The quantitative estimate of drug-likeness (QED) is 0.329. The monoisotopic (exact) mass is 489 g/mol. The Hall–Kier alpha value is -1.74. The van der Waals surface area contributed by atoms with Crippen molar-refractivity contribution in [2.24, 2.45) is 4.99 Å². The normalized spacial score (nSPS) is 11.0. The molecule has 0 spiro atoms. The number of halogens is 3. The van der Waals surface area contributed by atoms with Gasteiger partial charge in [-0.1, -0.05) is 24.3 Å². The van der Waals surface area contributed by atoms with Crippen molar-refractivity contribution in [1.82, 2.24) is 10.6 Å². The van der Waals surface area contributed by atoms with Gasteiger partial charge in [0.25, 0.3) is 0 Å². The molecule has 0 aliphatic rings. The lowest BCUT2D eigenvalue weighted by Crippen LogP contribution is -2.37. The van der Waals surface area contributed by atoms with Gasteiger partial charge in [0.2, 0.25) is 0 Å². The molecule has 2 N–H and O–H groups in total. The van der Waals surface area contributed by atoms with Gasteiger partial charge in [-0.2, -0.15) is 0 Å². The van der Waals surface area contributed by atoms with Gasteiger partial charge >= 0.3 is 0 Å². The number of guanidine groups is 1. The van der Waals surface area contributed by atoms with Crippen molar-refractivity contribution in [3.05, 3.63) is 70.8 Å². The van der Waals surface area contributed by atoms with E-state index in [4.69, 9.17) is 4.74 Å². The maximum Gasteiger partial charge on any atom is 0.191 e. The average Bonchev–Trinajstić information content (AvgIpc) is 2.65. The van der Waals surface area contributed by atoms with Crippen molar-refractivity contribution < 1.29 is 13.5 Å². The third kappa shape index (κ3) is 7.80. The molecular formula is C20H26F2IN3O. The minimum atomic E-state index is -0.473. The molecule has 0 unspecified atom stereocenters. The van der Waals surface area contributed by atoms with Crippen molar-refractivity contribution in [2.45, 2.75) is 33.5 Å². The smallest absolute Gasteiger partial charge is 0.191 e. The molecular weight excluding hydrogens is 463 g/mol. The van der Waals surface area contributed by atoms with Crippen LogP contribution in [-0.2, 0) is 24.4 Å². The van der Waals surface area contributed by atoms with E-state index in [9.17, 15) is 8.78 Å². The SMILES string of the molecule is CCNC(=NCc1cc(F)ccc1F)NCc1ccccc1COCC.I. The first-order valence-corrected chi connectivity index (χ1v) is 8.74. The van der Waals surface area contributed by atoms with Gasteiger partial charge in [0.05, 0.1) is 13.2 Å². The molecule has 0 saturated heterocycles. The van der Waals surface area contributed by atoms with E-state index >= 15 is 0 Å². The minimum Gasteiger partial charge on any atom is -0.377 e. The number of ether oxygens (including phenoxy) is 1. The van der Waals surface area contributed by atoms with E-state index in [1.807, 2.05) is 38.1 Å². The van der Waals surface area contributed by atoms with Crippen LogP contribution < -0.4 is 10.6 Å². The summed E-state index contributed by atoms with van der Waals surface area (Å²) in [6.45, 7) is 6.39. The zero-order chi connectivity index (χ0) is 18.8. The van der Waals surface area contributed by atoms with E-state index in [-0.39, 0.29) is 36.1 Å². The molecule has 0 atom stereocenters. The predicted molar refractivity (Wildman–Crippen MR) is 115 cm³/mol. The Balaban J connectivity index is 0.00000364. The van der Waals surface area contributed by atoms with Crippen molar-refractivity contribution in [3.63, 3.8) is 0 Å². The van der Waals surface area contributed by atoms with Crippen LogP contribution in [0.25, 0.3) is 0 Å². The third-order valence-electron chi connectivity index (χ3n) is 3.79. The van der Waals surface area contributed by atoms with Gasteiger partial charge in [0, 0.05) is 25.3 Å². The second-order valence-electron chi connectivity index (χ2n) is 5.69. The van der Waals surface area contributed by atoms with Crippen LogP contribution >= 0.6 is 24.0 Å². The topological polar surface area (TPSA) is 45.7 Å². The van der Waals surface area contributed by atoms with Gasteiger partial charge in [-0.05, 0) is 43.2 Å². The highest BCUT2D eigenvalue weighted by Crippen LogP contribution is 2.12. The van der Waals surface area contributed by atoms with E-state index in [1.54, 1.807) is 0 Å². The molecule has 0 amide bonds. The summed E-state index contributed by atoms with van der Waals surface area (Å²) in [5, 5.41) is 6.34. The summed E-state index contributed by atoms with van der Waals surface area (Å²) in [6.07, 6.45) is 0. The summed E-state index contributed by atoms with van der Waals surface area (Å²) >= 11 is 0. The Morgan fingerprint density at radius 2 is 1.74 bits per heavy atom. The molecule has 0 aliphatic heterocycles. The molecule has 2 aromatic carbocycles.